The molecule has 8 nitrogen and oxygen atoms in total. The van der Waals surface area contributed by atoms with Gasteiger partial charge >= 0.3 is 0 Å². The summed E-state index contributed by atoms with van der Waals surface area (Å²) >= 11 is 0. The second-order valence-electron chi connectivity index (χ2n) is 7.27. The maximum atomic E-state index is 12.9. The van der Waals surface area contributed by atoms with E-state index in [2.05, 4.69) is 43.4 Å². The molecule has 146 valence electrons. The van der Waals surface area contributed by atoms with Gasteiger partial charge in [-0.25, -0.2) is 14.6 Å². The Morgan fingerprint density at radius 3 is 2.66 bits per heavy atom. The molecule has 0 atom stereocenters. The zero-order valence-corrected chi connectivity index (χ0v) is 16.2. The largest absolute Gasteiger partial charge is 0.351 e. The van der Waals surface area contributed by atoms with Gasteiger partial charge in [-0.1, -0.05) is 47.7 Å². The molecule has 1 amide bonds. The monoisotopic (exact) mass is 387 g/mol. The smallest absolute Gasteiger partial charge is 0.227 e. The summed E-state index contributed by atoms with van der Waals surface area (Å²) in [6.45, 7) is 2.75. The number of anilines is 1. The van der Waals surface area contributed by atoms with Gasteiger partial charge < -0.3 is 9.80 Å². The van der Waals surface area contributed by atoms with Gasteiger partial charge in [-0.15, -0.1) is 5.10 Å². The van der Waals surface area contributed by atoms with Crippen LogP contribution < -0.4 is 4.90 Å². The molecule has 1 saturated heterocycles. The normalized spacial score (nSPS) is 14.7. The minimum Gasteiger partial charge on any atom is -0.351 e. The summed E-state index contributed by atoms with van der Waals surface area (Å²) in [6.07, 6.45) is 1.96. The summed E-state index contributed by atoms with van der Waals surface area (Å²) in [4.78, 5) is 25.7. The first-order valence-electron chi connectivity index (χ1n) is 9.70. The molecule has 2 aromatic heterocycles. The number of amides is 1. The van der Waals surface area contributed by atoms with E-state index in [1.165, 1.54) is 5.39 Å². The lowest BCUT2D eigenvalue weighted by molar-refractivity contribution is -0.130. The Kier molecular flexibility index (Phi) is 4.31. The molecule has 1 aliphatic rings. The Balaban J connectivity index is 1.29. The van der Waals surface area contributed by atoms with Crippen molar-refractivity contribution in [3.05, 3.63) is 54.4 Å². The third-order valence-electron chi connectivity index (χ3n) is 5.52. The molecule has 0 spiro atoms. The minimum absolute atomic E-state index is 0.161. The van der Waals surface area contributed by atoms with Crippen molar-refractivity contribution < 1.29 is 4.79 Å². The van der Waals surface area contributed by atoms with Crippen molar-refractivity contribution >= 4 is 33.7 Å². The molecule has 8 heteroatoms. The van der Waals surface area contributed by atoms with E-state index in [4.69, 9.17) is 0 Å². The molecule has 5 rings (SSSR count). The first-order chi connectivity index (χ1) is 14.2. The summed E-state index contributed by atoms with van der Waals surface area (Å²) in [5.74, 6) is 0.942. The number of aryl methyl sites for hydroxylation is 1. The highest BCUT2D eigenvalue weighted by atomic mass is 16.2. The Labute approximate surface area is 167 Å². The number of nitrogens with zero attached hydrogens (tertiary/aromatic N) is 7. The van der Waals surface area contributed by atoms with Crippen LogP contribution in [0.3, 0.4) is 0 Å². The van der Waals surface area contributed by atoms with Crippen LogP contribution >= 0.6 is 0 Å². The standard InChI is InChI=1S/C21H21N7O/c1-26-20-19(24-25-26)21(23-14-22-20)28-11-9-27(10-12-28)18(29)13-16-7-4-6-15-5-2-3-8-17(15)16/h2-8,14H,9-13H2,1H3. The van der Waals surface area contributed by atoms with Gasteiger partial charge in [0.15, 0.2) is 17.0 Å². The Morgan fingerprint density at radius 1 is 1.00 bits per heavy atom. The number of aromatic nitrogens is 5. The van der Waals surface area contributed by atoms with Gasteiger partial charge in [0.2, 0.25) is 5.91 Å². The summed E-state index contributed by atoms with van der Waals surface area (Å²) in [5.41, 5.74) is 2.49. The molecule has 1 fully saturated rings. The lowest BCUT2D eigenvalue weighted by Crippen LogP contribution is -2.49. The number of hydrogen-bond acceptors (Lipinski definition) is 6. The van der Waals surface area contributed by atoms with Gasteiger partial charge in [0, 0.05) is 33.2 Å². The second-order valence-corrected chi connectivity index (χ2v) is 7.27. The van der Waals surface area contributed by atoms with E-state index in [0.29, 0.717) is 43.8 Å². The summed E-state index contributed by atoms with van der Waals surface area (Å²) in [5, 5.41) is 10.5. The molecule has 0 radical (unpaired) electrons. The second kappa shape index (κ2) is 7.12. The minimum atomic E-state index is 0.161. The Bertz CT molecular complexity index is 1190. The van der Waals surface area contributed by atoms with Crippen molar-refractivity contribution in [3.8, 4) is 0 Å². The van der Waals surface area contributed by atoms with Crippen LogP contribution in [0.5, 0.6) is 0 Å². The zero-order chi connectivity index (χ0) is 19.8. The average molecular weight is 387 g/mol. The zero-order valence-electron chi connectivity index (χ0n) is 16.2. The van der Waals surface area contributed by atoms with Crippen LogP contribution in [-0.2, 0) is 18.3 Å². The molecular weight excluding hydrogens is 366 g/mol. The van der Waals surface area contributed by atoms with Crippen molar-refractivity contribution in [2.45, 2.75) is 6.42 Å². The van der Waals surface area contributed by atoms with Crippen molar-refractivity contribution in [1.29, 1.82) is 0 Å². The number of carbonyl (C=O) groups is 1. The van der Waals surface area contributed by atoms with E-state index in [-0.39, 0.29) is 5.91 Å². The van der Waals surface area contributed by atoms with Crippen LogP contribution in [0, 0.1) is 0 Å². The number of rotatable bonds is 3. The molecule has 0 N–H and O–H groups in total. The van der Waals surface area contributed by atoms with Crippen LogP contribution in [0.15, 0.2) is 48.8 Å². The first-order valence-corrected chi connectivity index (χ1v) is 9.70. The van der Waals surface area contributed by atoms with Gasteiger partial charge in [-0.2, -0.15) is 0 Å². The third kappa shape index (κ3) is 3.16. The van der Waals surface area contributed by atoms with Gasteiger partial charge in [0.1, 0.15) is 6.33 Å². The number of hydrogen-bond donors (Lipinski definition) is 0. The fraction of sp³-hybridized carbons (Fsp3) is 0.286. The molecule has 2 aromatic carbocycles. The Morgan fingerprint density at radius 2 is 1.79 bits per heavy atom. The van der Waals surface area contributed by atoms with Crippen molar-refractivity contribution in [1.82, 2.24) is 29.9 Å². The third-order valence-corrected chi connectivity index (χ3v) is 5.52. The maximum Gasteiger partial charge on any atom is 0.227 e. The van der Waals surface area contributed by atoms with Gasteiger partial charge in [0.25, 0.3) is 0 Å². The molecular formula is C21H21N7O. The molecule has 0 unspecified atom stereocenters. The number of piperazine rings is 1. The van der Waals surface area contributed by atoms with E-state index in [1.807, 2.05) is 36.2 Å². The molecule has 1 aliphatic heterocycles. The van der Waals surface area contributed by atoms with Crippen molar-refractivity contribution in [3.63, 3.8) is 0 Å². The molecule has 29 heavy (non-hydrogen) atoms. The average Bonchev–Trinajstić information content (AvgIpc) is 3.15. The molecule has 0 aliphatic carbocycles. The molecule has 0 bridgehead atoms. The van der Waals surface area contributed by atoms with Crippen LogP contribution in [0.2, 0.25) is 0 Å². The first kappa shape index (κ1) is 17.5. The van der Waals surface area contributed by atoms with Crippen LogP contribution in [0.25, 0.3) is 21.9 Å². The quantitative estimate of drug-likeness (QED) is 0.533. The highest BCUT2D eigenvalue weighted by Gasteiger charge is 2.24. The summed E-state index contributed by atoms with van der Waals surface area (Å²) in [7, 11) is 1.82. The van der Waals surface area contributed by atoms with E-state index in [0.717, 1.165) is 16.8 Å². The summed E-state index contributed by atoms with van der Waals surface area (Å²) in [6, 6.07) is 14.3. The number of benzene rings is 2. The van der Waals surface area contributed by atoms with Crippen LogP contribution in [0.1, 0.15) is 5.56 Å². The van der Waals surface area contributed by atoms with Gasteiger partial charge in [0.05, 0.1) is 6.42 Å². The molecule has 4 aromatic rings. The predicted octanol–water partition coefficient (Wildman–Crippen LogP) is 1.80. The highest BCUT2D eigenvalue weighted by Crippen LogP contribution is 2.22. The molecule has 3 heterocycles. The van der Waals surface area contributed by atoms with Crippen LogP contribution in [0.4, 0.5) is 5.82 Å². The highest BCUT2D eigenvalue weighted by molar-refractivity contribution is 5.90. The van der Waals surface area contributed by atoms with E-state index in [9.17, 15) is 4.79 Å². The molecule has 0 saturated carbocycles. The number of carbonyl (C=O) groups excluding carboxylic acids is 1. The van der Waals surface area contributed by atoms with Crippen molar-refractivity contribution in [2.24, 2.45) is 7.05 Å². The van der Waals surface area contributed by atoms with E-state index < -0.39 is 0 Å². The van der Waals surface area contributed by atoms with Crippen molar-refractivity contribution in [2.75, 3.05) is 31.1 Å². The SMILES string of the molecule is Cn1nnc2c(N3CCN(C(=O)Cc4cccc5ccccc45)CC3)ncnc21. The maximum absolute atomic E-state index is 12.9. The van der Waals surface area contributed by atoms with E-state index >= 15 is 0 Å². The fourth-order valence-electron chi connectivity index (χ4n) is 3.96. The number of fused-ring (bicyclic) bond motifs is 2. The fourth-order valence-corrected chi connectivity index (χ4v) is 3.96. The van der Waals surface area contributed by atoms with Gasteiger partial charge in [-0.3, -0.25) is 4.79 Å². The summed E-state index contributed by atoms with van der Waals surface area (Å²) < 4.78 is 1.64. The lowest BCUT2D eigenvalue weighted by atomic mass is 10.0. The van der Waals surface area contributed by atoms with Crippen LogP contribution in [-0.4, -0.2) is 61.9 Å². The topological polar surface area (TPSA) is 80.0 Å². The van der Waals surface area contributed by atoms with Gasteiger partial charge in [-0.05, 0) is 16.3 Å². The lowest BCUT2D eigenvalue weighted by Gasteiger charge is -2.35. The van der Waals surface area contributed by atoms with E-state index in [1.54, 1.807) is 11.0 Å². The predicted molar refractivity (Wildman–Crippen MR) is 111 cm³/mol. The Hall–Kier alpha value is -3.55.